The van der Waals surface area contributed by atoms with Crippen LogP contribution < -0.4 is 5.43 Å². The highest BCUT2D eigenvalue weighted by Crippen LogP contribution is 2.65. The average Bonchev–Trinajstić information content (AvgIpc) is 3.40. The Labute approximate surface area is 263 Å². The highest BCUT2D eigenvalue weighted by atomic mass is 79.9. The summed E-state index contributed by atoms with van der Waals surface area (Å²) < 4.78 is 0.706. The van der Waals surface area contributed by atoms with Crippen molar-refractivity contribution in [3.8, 4) is 5.75 Å². The summed E-state index contributed by atoms with van der Waals surface area (Å²) in [5.74, 6) is -4.47. The van der Waals surface area contributed by atoms with Crippen LogP contribution in [0.3, 0.4) is 0 Å². The van der Waals surface area contributed by atoms with Gasteiger partial charge in [-0.05, 0) is 68.5 Å². The quantitative estimate of drug-likeness (QED) is 0.279. The van der Waals surface area contributed by atoms with E-state index in [2.05, 4.69) is 21.4 Å². The summed E-state index contributed by atoms with van der Waals surface area (Å²) in [7, 11) is 0. The van der Waals surface area contributed by atoms with Gasteiger partial charge < -0.3 is 5.11 Å². The van der Waals surface area contributed by atoms with Crippen LogP contribution in [0.15, 0.2) is 88.9 Å². The minimum atomic E-state index is -1.42. The van der Waals surface area contributed by atoms with Crippen molar-refractivity contribution in [2.24, 2.45) is 23.7 Å². The number of aromatic hydroxyl groups is 1. The monoisotopic (exact) mass is 653 g/mol. The van der Waals surface area contributed by atoms with Crippen LogP contribution in [0.1, 0.15) is 42.4 Å². The second-order valence-electron chi connectivity index (χ2n) is 12.2. The Morgan fingerprint density at radius 1 is 0.932 bits per heavy atom. The fourth-order valence-corrected chi connectivity index (χ4v) is 8.60. The molecule has 7 rings (SSSR count). The Hall–Kier alpha value is -4.24. The number of halogens is 1. The van der Waals surface area contributed by atoms with Crippen LogP contribution in [0.5, 0.6) is 5.75 Å². The van der Waals surface area contributed by atoms with Crippen molar-refractivity contribution >= 4 is 45.2 Å². The molecule has 0 radical (unpaired) electrons. The number of allylic oxidation sites excluding steroid dienone is 2. The molecule has 2 aliphatic heterocycles. The van der Waals surface area contributed by atoms with E-state index in [1.54, 1.807) is 25.1 Å². The maximum absolute atomic E-state index is 15.0. The fourth-order valence-electron chi connectivity index (χ4n) is 8.23. The Bertz CT molecular complexity index is 1740. The number of aryl methyl sites for hydroxylation is 1. The lowest BCUT2D eigenvalue weighted by molar-refractivity contribution is -0.141. The van der Waals surface area contributed by atoms with Crippen molar-refractivity contribution in [3.05, 3.63) is 106 Å². The van der Waals surface area contributed by atoms with E-state index in [1.807, 2.05) is 67.6 Å². The molecule has 6 unspecified atom stereocenters. The Balaban J connectivity index is 1.47. The number of fused-ring (bicyclic) bond motifs is 4. The van der Waals surface area contributed by atoms with E-state index in [9.17, 15) is 19.5 Å². The number of hydrazine groups is 1. The van der Waals surface area contributed by atoms with Gasteiger partial charge in [-0.1, -0.05) is 75.6 Å². The first-order valence-electron chi connectivity index (χ1n) is 15.0. The average molecular weight is 655 g/mol. The Morgan fingerprint density at radius 2 is 1.66 bits per heavy atom. The molecule has 3 aromatic rings. The van der Waals surface area contributed by atoms with Gasteiger partial charge in [-0.15, -0.1) is 0 Å². The van der Waals surface area contributed by atoms with E-state index in [0.29, 0.717) is 27.7 Å². The zero-order chi connectivity index (χ0) is 30.9. The largest absolute Gasteiger partial charge is 0.508 e. The summed E-state index contributed by atoms with van der Waals surface area (Å²) in [6.45, 7) is 4.03. The number of rotatable bonds is 5. The number of carbonyl (C=O) groups is 4. The number of hydrogen-bond acceptors (Lipinski definition) is 6. The maximum atomic E-state index is 15.0. The van der Waals surface area contributed by atoms with Crippen LogP contribution in [-0.2, 0) is 24.6 Å². The highest BCUT2D eigenvalue weighted by Gasteiger charge is 2.70. The van der Waals surface area contributed by atoms with Crippen LogP contribution >= 0.6 is 15.9 Å². The molecule has 0 bridgehead atoms. The van der Waals surface area contributed by atoms with Gasteiger partial charge in [0.15, 0.2) is 0 Å². The number of phenolic OH excluding ortho intramolecular Hbond substituents is 1. The third-order valence-electron chi connectivity index (χ3n) is 10.1. The third kappa shape index (κ3) is 3.94. The Kier molecular flexibility index (Phi) is 6.77. The normalized spacial score (nSPS) is 29.3. The number of carbonyl (C=O) groups excluding carboxylic acids is 4. The van der Waals surface area contributed by atoms with Gasteiger partial charge in [0.25, 0.3) is 11.8 Å². The molecule has 3 fully saturated rings. The summed E-state index contributed by atoms with van der Waals surface area (Å²) in [6, 6.07) is 21.8. The smallest absolute Gasteiger partial charge is 0.260 e. The van der Waals surface area contributed by atoms with Crippen LogP contribution in [-0.4, -0.2) is 45.2 Å². The molecule has 4 aliphatic rings. The van der Waals surface area contributed by atoms with Crippen LogP contribution in [0.25, 0.3) is 0 Å². The van der Waals surface area contributed by atoms with Crippen LogP contribution in [0.4, 0.5) is 5.69 Å². The molecule has 9 heteroatoms. The number of nitrogens with one attached hydrogen (secondary N) is 1. The molecular weight excluding hydrogens is 622 g/mol. The molecule has 6 atom stereocenters. The third-order valence-corrected chi connectivity index (χ3v) is 10.6. The van der Waals surface area contributed by atoms with E-state index in [4.69, 9.17) is 0 Å². The topological polar surface area (TPSA) is 107 Å². The van der Waals surface area contributed by atoms with E-state index >= 15 is 4.79 Å². The Morgan fingerprint density at radius 3 is 2.36 bits per heavy atom. The molecule has 2 saturated heterocycles. The number of benzene rings is 3. The number of imide groups is 2. The second kappa shape index (κ2) is 10.4. The lowest BCUT2D eigenvalue weighted by Crippen LogP contribution is -2.53. The molecular formula is C35H32BrN3O5. The van der Waals surface area contributed by atoms with E-state index in [1.165, 1.54) is 4.90 Å². The molecule has 2 aliphatic carbocycles. The zero-order valence-corrected chi connectivity index (χ0v) is 26.0. The molecule has 2 N–H and O–H groups in total. The standard InChI is InChI=1S/C35H32BrN3O5/c1-3-38-31(41)24-15-14-23-25(29(24)33(38)43)18-27-32(42)39(37-22-12-9-19(2)10-13-22)34(44)35(27,20-7-5-4-6-8-20)30(23)26-17-21(36)11-16-28(26)40/h4-14,16-17,24-25,27,29-30,37,40H,3,15,18H2,1-2H3. The first kappa shape index (κ1) is 28.5. The number of anilines is 1. The second-order valence-corrected chi connectivity index (χ2v) is 13.1. The molecule has 0 spiro atoms. The molecule has 44 heavy (non-hydrogen) atoms. The molecule has 0 aromatic heterocycles. The summed E-state index contributed by atoms with van der Waals surface area (Å²) >= 11 is 3.56. The van der Waals surface area contributed by atoms with Gasteiger partial charge in [0.2, 0.25) is 11.8 Å². The van der Waals surface area contributed by atoms with Gasteiger partial charge in [-0.3, -0.25) is 29.5 Å². The first-order chi connectivity index (χ1) is 21.2. The highest BCUT2D eigenvalue weighted by molar-refractivity contribution is 9.10. The molecule has 2 heterocycles. The van der Waals surface area contributed by atoms with Crippen LogP contribution in [0.2, 0.25) is 0 Å². The van der Waals surface area contributed by atoms with Crippen molar-refractivity contribution in [3.63, 3.8) is 0 Å². The van der Waals surface area contributed by atoms with E-state index in [-0.39, 0.29) is 30.5 Å². The number of likely N-dealkylation sites (tertiary alicyclic amines) is 1. The SMILES string of the molecule is CCN1C(=O)C2CC=C3C(CC4C(=O)N(Nc5ccc(C)cc5)C(=O)C4(c4ccccc4)C3c3cc(Br)ccc3O)C2C1=O. The van der Waals surface area contributed by atoms with Gasteiger partial charge in [0.05, 0.1) is 28.9 Å². The predicted octanol–water partition coefficient (Wildman–Crippen LogP) is 5.47. The number of amides is 4. The minimum absolute atomic E-state index is 0.00914. The summed E-state index contributed by atoms with van der Waals surface area (Å²) in [4.78, 5) is 58.0. The van der Waals surface area contributed by atoms with Crippen LogP contribution in [0, 0.1) is 30.6 Å². The molecule has 224 valence electrons. The van der Waals surface area contributed by atoms with Gasteiger partial charge in [0, 0.05) is 22.5 Å². The zero-order valence-electron chi connectivity index (χ0n) is 24.4. The predicted molar refractivity (Wildman–Crippen MR) is 167 cm³/mol. The van der Waals surface area contributed by atoms with Crippen molar-refractivity contribution in [1.82, 2.24) is 9.91 Å². The van der Waals surface area contributed by atoms with E-state index < -0.39 is 46.8 Å². The number of hydrogen-bond donors (Lipinski definition) is 2. The van der Waals surface area contributed by atoms with Gasteiger partial charge in [-0.25, -0.2) is 0 Å². The van der Waals surface area contributed by atoms with Crippen molar-refractivity contribution in [2.75, 3.05) is 12.0 Å². The number of phenols is 1. The van der Waals surface area contributed by atoms with Gasteiger partial charge in [0.1, 0.15) is 5.75 Å². The lowest BCUT2D eigenvalue weighted by Gasteiger charge is -2.50. The van der Waals surface area contributed by atoms with Gasteiger partial charge in [-0.2, -0.15) is 5.01 Å². The molecule has 8 nitrogen and oxygen atoms in total. The fraction of sp³-hybridized carbons (Fsp3) is 0.314. The summed E-state index contributed by atoms with van der Waals surface area (Å²) in [6.07, 6.45) is 2.57. The number of nitrogens with zero attached hydrogens (tertiary/aromatic N) is 2. The molecule has 4 amide bonds. The lowest BCUT2D eigenvalue weighted by atomic mass is 9.49. The molecule has 3 aromatic carbocycles. The summed E-state index contributed by atoms with van der Waals surface area (Å²) in [5, 5.41) is 12.5. The molecule has 1 saturated carbocycles. The van der Waals surface area contributed by atoms with E-state index in [0.717, 1.165) is 16.1 Å². The minimum Gasteiger partial charge on any atom is -0.508 e. The van der Waals surface area contributed by atoms with Crippen molar-refractivity contribution in [1.29, 1.82) is 0 Å². The summed E-state index contributed by atoms with van der Waals surface area (Å²) in [5.41, 5.74) is 5.27. The van der Waals surface area contributed by atoms with Crippen molar-refractivity contribution in [2.45, 2.75) is 38.0 Å². The maximum Gasteiger partial charge on any atom is 0.260 e. The van der Waals surface area contributed by atoms with Crippen molar-refractivity contribution < 1.29 is 24.3 Å². The first-order valence-corrected chi connectivity index (χ1v) is 15.8. The van der Waals surface area contributed by atoms with Gasteiger partial charge >= 0.3 is 0 Å².